The van der Waals surface area contributed by atoms with Crippen LogP contribution in [0.15, 0.2) is 0 Å². The molecule has 1 aliphatic rings. The average molecular weight is 249 g/mol. The third-order valence-electron chi connectivity index (χ3n) is 2.34. The van der Waals surface area contributed by atoms with Gasteiger partial charge >= 0.3 is 5.97 Å². The van der Waals surface area contributed by atoms with Crippen LogP contribution in [-0.2, 0) is 19.4 Å². The van der Waals surface area contributed by atoms with Gasteiger partial charge in [-0.1, -0.05) is 0 Å². The van der Waals surface area contributed by atoms with Gasteiger partial charge in [0.2, 0.25) is 5.91 Å². The van der Waals surface area contributed by atoms with Gasteiger partial charge in [-0.2, -0.15) is 0 Å². The summed E-state index contributed by atoms with van der Waals surface area (Å²) in [7, 11) is -3.21. The molecule has 16 heavy (non-hydrogen) atoms. The summed E-state index contributed by atoms with van der Waals surface area (Å²) in [6, 6.07) is -1.11. The third kappa shape index (κ3) is 4.61. The predicted octanol–water partition coefficient (Wildman–Crippen LogP) is -0.599. The molecule has 0 radical (unpaired) electrons. The second kappa shape index (κ2) is 4.82. The summed E-state index contributed by atoms with van der Waals surface area (Å²) in [6.07, 6.45) is 2.51. The summed E-state index contributed by atoms with van der Waals surface area (Å²) < 4.78 is 21.8. The molecule has 6 nitrogen and oxygen atoms in total. The van der Waals surface area contributed by atoms with E-state index in [2.05, 4.69) is 5.32 Å². The first-order valence-electron chi connectivity index (χ1n) is 5.00. The fraction of sp³-hybridized carbons (Fsp3) is 0.778. The molecule has 7 heteroatoms. The zero-order valence-corrected chi connectivity index (χ0v) is 9.79. The molecule has 1 fully saturated rings. The van der Waals surface area contributed by atoms with E-state index in [1.807, 2.05) is 0 Å². The van der Waals surface area contributed by atoms with Crippen LogP contribution in [0.4, 0.5) is 0 Å². The molecule has 0 saturated heterocycles. The molecule has 0 heterocycles. The van der Waals surface area contributed by atoms with Gasteiger partial charge in [-0.3, -0.25) is 4.79 Å². The molecule has 0 spiro atoms. The van der Waals surface area contributed by atoms with E-state index < -0.39 is 21.8 Å². The van der Waals surface area contributed by atoms with E-state index in [1.165, 1.54) is 0 Å². The van der Waals surface area contributed by atoms with Crippen molar-refractivity contribution >= 4 is 21.7 Å². The lowest BCUT2D eigenvalue weighted by atomic mass is 10.2. The van der Waals surface area contributed by atoms with Gasteiger partial charge in [0.25, 0.3) is 0 Å². The quantitative estimate of drug-likeness (QED) is 0.654. The van der Waals surface area contributed by atoms with Crippen LogP contribution < -0.4 is 5.32 Å². The van der Waals surface area contributed by atoms with Gasteiger partial charge in [-0.05, 0) is 19.3 Å². The first kappa shape index (κ1) is 13.0. The van der Waals surface area contributed by atoms with Crippen LogP contribution in [0.3, 0.4) is 0 Å². The van der Waals surface area contributed by atoms with Crippen LogP contribution >= 0.6 is 0 Å². The summed E-state index contributed by atoms with van der Waals surface area (Å²) in [6.45, 7) is 0. The number of nitrogens with one attached hydrogen (secondary N) is 1. The summed E-state index contributed by atoms with van der Waals surface area (Å²) in [5.41, 5.74) is 0. The maximum Gasteiger partial charge on any atom is 0.326 e. The highest BCUT2D eigenvalue weighted by Gasteiger charge is 2.32. The van der Waals surface area contributed by atoms with Crippen molar-refractivity contribution in [1.82, 2.24) is 5.32 Å². The molecule has 1 rings (SSSR count). The van der Waals surface area contributed by atoms with Gasteiger partial charge in [0, 0.05) is 12.2 Å². The van der Waals surface area contributed by atoms with Crippen molar-refractivity contribution in [2.45, 2.75) is 25.3 Å². The number of hydrogen-bond donors (Lipinski definition) is 2. The number of carboxylic acids is 1. The van der Waals surface area contributed by atoms with Crippen LogP contribution in [0.5, 0.6) is 0 Å². The minimum Gasteiger partial charge on any atom is -0.480 e. The van der Waals surface area contributed by atoms with Crippen LogP contribution in [0, 0.1) is 5.92 Å². The van der Waals surface area contributed by atoms with Crippen molar-refractivity contribution in [1.29, 1.82) is 0 Å². The Morgan fingerprint density at radius 3 is 2.38 bits per heavy atom. The highest BCUT2D eigenvalue weighted by molar-refractivity contribution is 7.90. The van der Waals surface area contributed by atoms with E-state index in [4.69, 9.17) is 5.11 Å². The molecular weight excluding hydrogens is 234 g/mol. The van der Waals surface area contributed by atoms with Crippen LogP contribution in [0.2, 0.25) is 0 Å². The van der Waals surface area contributed by atoms with Crippen molar-refractivity contribution in [2.75, 3.05) is 12.0 Å². The van der Waals surface area contributed by atoms with Crippen molar-refractivity contribution in [3.63, 3.8) is 0 Å². The Morgan fingerprint density at radius 2 is 2.00 bits per heavy atom. The van der Waals surface area contributed by atoms with Crippen molar-refractivity contribution < 1.29 is 23.1 Å². The van der Waals surface area contributed by atoms with Gasteiger partial charge in [-0.15, -0.1) is 0 Å². The van der Waals surface area contributed by atoms with Gasteiger partial charge in [0.05, 0.1) is 5.75 Å². The molecule has 0 aromatic carbocycles. The normalized spacial score (nSPS) is 17.8. The monoisotopic (exact) mass is 249 g/mol. The average Bonchev–Trinajstić information content (AvgIpc) is 2.92. The molecule has 1 saturated carbocycles. The van der Waals surface area contributed by atoms with Crippen LogP contribution in [0.25, 0.3) is 0 Å². The Labute approximate surface area is 93.9 Å². The predicted molar refractivity (Wildman–Crippen MR) is 56.6 cm³/mol. The SMILES string of the molecule is CS(=O)(=O)CC[C@H](NC(=O)C1CC1)C(=O)O. The fourth-order valence-corrected chi connectivity index (χ4v) is 1.89. The molecule has 1 amide bonds. The Kier molecular flexibility index (Phi) is 3.90. The number of rotatable bonds is 6. The minimum absolute atomic E-state index is 0.0833. The molecule has 1 atom stereocenters. The molecule has 0 unspecified atom stereocenters. The van der Waals surface area contributed by atoms with Crippen molar-refractivity contribution in [3.05, 3.63) is 0 Å². The first-order chi connectivity index (χ1) is 7.29. The lowest BCUT2D eigenvalue weighted by Crippen LogP contribution is -2.42. The largest absolute Gasteiger partial charge is 0.480 e. The number of carbonyl (C=O) groups is 2. The topological polar surface area (TPSA) is 101 Å². The molecule has 0 bridgehead atoms. The molecule has 1 aliphatic carbocycles. The standard InChI is InChI=1S/C9H15NO5S/c1-16(14,15)5-4-7(9(12)13)10-8(11)6-2-3-6/h6-7H,2-5H2,1H3,(H,10,11)(H,12,13)/t7-/m0/s1. The van der Waals surface area contributed by atoms with Crippen LogP contribution in [0.1, 0.15) is 19.3 Å². The number of aliphatic carboxylic acids is 1. The molecule has 2 N–H and O–H groups in total. The van der Waals surface area contributed by atoms with Gasteiger partial charge in [0.1, 0.15) is 15.9 Å². The summed E-state index contributed by atoms with van der Waals surface area (Å²) in [5.74, 6) is -1.81. The smallest absolute Gasteiger partial charge is 0.326 e. The third-order valence-corrected chi connectivity index (χ3v) is 3.32. The Hall–Kier alpha value is -1.11. The summed E-state index contributed by atoms with van der Waals surface area (Å²) >= 11 is 0. The number of carbonyl (C=O) groups excluding carboxylic acids is 1. The second-order valence-electron chi connectivity index (χ2n) is 4.09. The van der Waals surface area contributed by atoms with E-state index in [0.717, 1.165) is 19.1 Å². The van der Waals surface area contributed by atoms with Gasteiger partial charge < -0.3 is 10.4 Å². The summed E-state index contributed by atoms with van der Waals surface area (Å²) in [4.78, 5) is 22.1. The van der Waals surface area contributed by atoms with Crippen LogP contribution in [-0.4, -0.2) is 43.5 Å². The number of hydrogen-bond acceptors (Lipinski definition) is 4. The fourth-order valence-electron chi connectivity index (χ4n) is 1.22. The molecule has 0 aliphatic heterocycles. The van der Waals surface area contributed by atoms with Crippen molar-refractivity contribution in [2.24, 2.45) is 5.92 Å². The maximum absolute atomic E-state index is 11.3. The first-order valence-corrected chi connectivity index (χ1v) is 7.06. The van der Waals surface area contributed by atoms with Crippen molar-refractivity contribution in [3.8, 4) is 0 Å². The lowest BCUT2D eigenvalue weighted by molar-refractivity contribution is -0.142. The number of amides is 1. The zero-order chi connectivity index (χ0) is 12.3. The lowest BCUT2D eigenvalue weighted by Gasteiger charge is -2.13. The van der Waals surface area contributed by atoms with E-state index in [-0.39, 0.29) is 24.0 Å². The molecule has 0 aromatic rings. The maximum atomic E-state index is 11.3. The highest BCUT2D eigenvalue weighted by Crippen LogP contribution is 2.28. The molecule has 0 aromatic heterocycles. The Bertz CT molecular complexity index is 385. The van der Waals surface area contributed by atoms with Gasteiger partial charge in [0.15, 0.2) is 0 Å². The van der Waals surface area contributed by atoms with E-state index in [0.29, 0.717) is 0 Å². The molecular formula is C9H15NO5S. The van der Waals surface area contributed by atoms with E-state index in [9.17, 15) is 18.0 Å². The van der Waals surface area contributed by atoms with E-state index in [1.54, 1.807) is 0 Å². The molecule has 92 valence electrons. The number of carboxylic acid groups (broad SMARTS) is 1. The zero-order valence-electron chi connectivity index (χ0n) is 8.97. The Balaban J connectivity index is 2.47. The minimum atomic E-state index is -3.21. The van der Waals surface area contributed by atoms with Gasteiger partial charge in [-0.25, -0.2) is 13.2 Å². The highest BCUT2D eigenvalue weighted by atomic mass is 32.2. The second-order valence-corrected chi connectivity index (χ2v) is 6.35. The number of sulfone groups is 1. The van der Waals surface area contributed by atoms with E-state index >= 15 is 0 Å². The Morgan fingerprint density at radius 1 is 1.44 bits per heavy atom. The summed E-state index contributed by atoms with van der Waals surface area (Å²) in [5, 5.41) is 11.2.